The van der Waals surface area contributed by atoms with E-state index in [-0.39, 0.29) is 10.9 Å². The summed E-state index contributed by atoms with van der Waals surface area (Å²) in [5.74, 6) is 0.720. The van der Waals surface area contributed by atoms with Gasteiger partial charge in [0, 0.05) is 5.02 Å². The van der Waals surface area contributed by atoms with Crippen molar-refractivity contribution in [1.29, 1.82) is 0 Å². The highest BCUT2D eigenvalue weighted by Crippen LogP contribution is 2.30. The number of hydrogen-bond acceptors (Lipinski definition) is 6. The van der Waals surface area contributed by atoms with Crippen LogP contribution >= 0.6 is 23.2 Å². The second-order valence-corrected chi connectivity index (χ2v) is 11.9. The Morgan fingerprint density at radius 1 is 0.886 bits per heavy atom. The van der Waals surface area contributed by atoms with E-state index in [0.29, 0.717) is 47.5 Å². The van der Waals surface area contributed by atoms with Crippen LogP contribution in [0.5, 0.6) is 17.2 Å². The number of hydrazone groups is 1. The monoisotopic (exact) mass is 641 g/mol. The molecule has 0 saturated carbocycles. The fourth-order valence-corrected chi connectivity index (χ4v) is 5.09. The highest BCUT2D eigenvalue weighted by Gasteiger charge is 2.25. The highest BCUT2D eigenvalue weighted by molar-refractivity contribution is 6.35. The largest absolute Gasteiger partial charge is 0.490 e. The van der Waals surface area contributed by atoms with Crippen molar-refractivity contribution in [3.8, 4) is 17.2 Å². The number of nitrogens with zero attached hydrogens (tertiary/aromatic N) is 1. The average molecular weight is 643 g/mol. The van der Waals surface area contributed by atoms with Gasteiger partial charge in [-0.25, -0.2) is 5.43 Å². The maximum Gasteiger partial charge on any atom is 0.262 e. The van der Waals surface area contributed by atoms with E-state index in [9.17, 15) is 9.59 Å². The Labute approximate surface area is 270 Å². The van der Waals surface area contributed by atoms with Gasteiger partial charge in [0.25, 0.3) is 11.8 Å². The molecule has 3 aromatic rings. The van der Waals surface area contributed by atoms with Crippen molar-refractivity contribution in [2.24, 2.45) is 11.0 Å². The van der Waals surface area contributed by atoms with Crippen LogP contribution in [0.3, 0.4) is 0 Å². The Hall–Kier alpha value is -3.75. The number of carbonyl (C=O) groups excluding carboxylic acids is 2. The molecule has 0 fully saturated rings. The van der Waals surface area contributed by atoms with Gasteiger partial charge in [0.1, 0.15) is 18.4 Å². The van der Waals surface area contributed by atoms with Crippen LogP contribution in [-0.4, -0.2) is 36.8 Å². The first kappa shape index (κ1) is 34.7. The number of rotatable bonds is 14. The maximum absolute atomic E-state index is 13.0. The highest BCUT2D eigenvalue weighted by atomic mass is 35.5. The third kappa shape index (κ3) is 10.2. The van der Waals surface area contributed by atoms with Gasteiger partial charge in [-0.3, -0.25) is 9.59 Å². The van der Waals surface area contributed by atoms with E-state index in [2.05, 4.69) is 48.7 Å². The fraction of sp³-hybridized carbons (Fsp3) is 0.382. The standard InChI is InChI=1S/C34H41Cl2N3O5/c1-8-42-32-16-25(9-11-31(32)43-19-27-22(5)14-21(4)15-23(27)6)18-37-39-34(41)29(13-20(2)3)38-33(40)24(7)44-30-12-10-26(35)17-28(30)36/h9-12,14-18,20,24,29H,8,13,19H2,1-7H3,(H,38,40)(H,39,41)/b37-18-/t24-,29-/m0/s1. The average Bonchev–Trinajstić information content (AvgIpc) is 2.94. The molecular formula is C34H41Cl2N3O5. The van der Waals surface area contributed by atoms with Gasteiger partial charge < -0.3 is 19.5 Å². The minimum Gasteiger partial charge on any atom is -0.490 e. The Morgan fingerprint density at radius 2 is 1.57 bits per heavy atom. The molecule has 44 heavy (non-hydrogen) atoms. The lowest BCUT2D eigenvalue weighted by Gasteiger charge is -2.22. The van der Waals surface area contributed by atoms with Crippen molar-refractivity contribution >= 4 is 41.2 Å². The number of carbonyl (C=O) groups is 2. The summed E-state index contributed by atoms with van der Waals surface area (Å²) in [4.78, 5) is 25.9. The summed E-state index contributed by atoms with van der Waals surface area (Å²) in [5.41, 5.74) is 7.97. The topological polar surface area (TPSA) is 98.2 Å². The molecule has 0 aromatic heterocycles. The zero-order chi connectivity index (χ0) is 32.4. The first-order chi connectivity index (χ1) is 20.9. The predicted molar refractivity (Wildman–Crippen MR) is 176 cm³/mol. The maximum atomic E-state index is 13.0. The molecule has 0 aliphatic carbocycles. The lowest BCUT2D eigenvalue weighted by molar-refractivity contribution is -0.132. The number of aryl methyl sites for hydroxylation is 3. The molecule has 0 unspecified atom stereocenters. The summed E-state index contributed by atoms with van der Waals surface area (Å²) >= 11 is 12.1. The van der Waals surface area contributed by atoms with Gasteiger partial charge in [-0.2, -0.15) is 5.10 Å². The summed E-state index contributed by atoms with van der Waals surface area (Å²) in [7, 11) is 0. The van der Waals surface area contributed by atoms with Crippen LogP contribution in [0.4, 0.5) is 0 Å². The molecular weight excluding hydrogens is 601 g/mol. The lowest BCUT2D eigenvalue weighted by Crippen LogP contribution is -2.49. The quantitative estimate of drug-likeness (QED) is 0.142. The second-order valence-electron chi connectivity index (χ2n) is 11.1. The first-order valence-electron chi connectivity index (χ1n) is 14.6. The van der Waals surface area contributed by atoms with Crippen molar-refractivity contribution in [1.82, 2.24) is 10.7 Å². The Bertz CT molecular complexity index is 1470. The number of halogens is 2. The molecule has 236 valence electrons. The number of ether oxygens (including phenoxy) is 3. The van der Waals surface area contributed by atoms with Gasteiger partial charge in [0.2, 0.25) is 0 Å². The zero-order valence-electron chi connectivity index (χ0n) is 26.3. The zero-order valence-corrected chi connectivity index (χ0v) is 27.8. The van der Waals surface area contributed by atoms with E-state index in [0.717, 1.165) is 5.56 Å². The summed E-state index contributed by atoms with van der Waals surface area (Å²) in [6.45, 7) is 14.5. The lowest BCUT2D eigenvalue weighted by atomic mass is 10.0. The Morgan fingerprint density at radius 3 is 2.20 bits per heavy atom. The number of benzene rings is 3. The number of hydrogen-bond donors (Lipinski definition) is 2. The molecule has 2 N–H and O–H groups in total. The third-order valence-corrected chi connectivity index (χ3v) is 7.31. The summed E-state index contributed by atoms with van der Waals surface area (Å²) in [6, 6.07) is 13.7. The van der Waals surface area contributed by atoms with Crippen LogP contribution in [0.1, 0.15) is 61.9 Å². The SMILES string of the molecule is CCOc1cc(/C=N\NC(=O)[C@H](CC(C)C)NC(=O)[C@H](C)Oc2ccc(Cl)cc2Cl)ccc1OCc1c(C)cc(C)cc1C. The third-order valence-electron chi connectivity index (χ3n) is 6.78. The molecule has 8 nitrogen and oxygen atoms in total. The van der Waals surface area contributed by atoms with E-state index in [1.54, 1.807) is 25.1 Å². The van der Waals surface area contributed by atoms with E-state index < -0.39 is 24.0 Å². The normalized spacial score (nSPS) is 12.6. The molecule has 0 bridgehead atoms. The molecule has 0 aliphatic heterocycles. The fourth-order valence-electron chi connectivity index (χ4n) is 4.64. The number of amides is 2. The van der Waals surface area contributed by atoms with Crippen molar-refractivity contribution < 1.29 is 23.8 Å². The van der Waals surface area contributed by atoms with Crippen molar-refractivity contribution in [3.05, 3.63) is 86.4 Å². The van der Waals surface area contributed by atoms with E-state index >= 15 is 0 Å². The molecule has 2 atom stereocenters. The van der Waals surface area contributed by atoms with Crippen LogP contribution in [0.25, 0.3) is 0 Å². The Kier molecular flexibility index (Phi) is 12.9. The summed E-state index contributed by atoms with van der Waals surface area (Å²) < 4.78 is 17.7. The molecule has 10 heteroatoms. The Balaban J connectivity index is 1.64. The summed E-state index contributed by atoms with van der Waals surface area (Å²) in [6.07, 6.45) is 1.01. The molecule has 2 amide bonds. The molecule has 3 aromatic carbocycles. The van der Waals surface area contributed by atoms with Crippen LogP contribution in [0, 0.1) is 26.7 Å². The minimum absolute atomic E-state index is 0.130. The van der Waals surface area contributed by atoms with Crippen LogP contribution in [0.15, 0.2) is 53.6 Å². The molecule has 3 rings (SSSR count). The van der Waals surface area contributed by atoms with Gasteiger partial charge in [0.05, 0.1) is 17.8 Å². The molecule has 0 radical (unpaired) electrons. The van der Waals surface area contributed by atoms with E-state index in [4.69, 9.17) is 37.4 Å². The van der Waals surface area contributed by atoms with Crippen LogP contribution < -0.4 is 25.0 Å². The predicted octanol–water partition coefficient (Wildman–Crippen LogP) is 7.34. The van der Waals surface area contributed by atoms with Crippen LogP contribution in [-0.2, 0) is 16.2 Å². The van der Waals surface area contributed by atoms with Crippen molar-refractivity contribution in [3.63, 3.8) is 0 Å². The van der Waals surface area contributed by atoms with Gasteiger partial charge in [-0.05, 0) is 106 Å². The molecule has 0 aliphatic rings. The first-order valence-corrected chi connectivity index (χ1v) is 15.3. The van der Waals surface area contributed by atoms with E-state index in [1.165, 1.54) is 29.0 Å². The smallest absolute Gasteiger partial charge is 0.262 e. The van der Waals surface area contributed by atoms with Crippen LogP contribution in [0.2, 0.25) is 10.0 Å². The van der Waals surface area contributed by atoms with Gasteiger partial charge >= 0.3 is 0 Å². The van der Waals surface area contributed by atoms with Gasteiger partial charge in [-0.1, -0.05) is 54.7 Å². The van der Waals surface area contributed by atoms with Gasteiger partial charge in [-0.15, -0.1) is 0 Å². The molecule has 0 spiro atoms. The molecule has 0 saturated heterocycles. The second kappa shape index (κ2) is 16.4. The van der Waals surface area contributed by atoms with Crippen molar-refractivity contribution in [2.75, 3.05) is 6.61 Å². The summed E-state index contributed by atoms with van der Waals surface area (Å²) in [5, 5.41) is 7.63. The molecule has 0 heterocycles. The van der Waals surface area contributed by atoms with Gasteiger partial charge in [0.15, 0.2) is 17.6 Å². The minimum atomic E-state index is -0.906. The number of nitrogens with one attached hydrogen (secondary N) is 2. The van der Waals surface area contributed by atoms with E-state index in [1.807, 2.05) is 32.9 Å². The van der Waals surface area contributed by atoms with Crippen molar-refractivity contribution in [2.45, 2.75) is 73.6 Å².